The number of methoxy groups -OCH3 is 1. The summed E-state index contributed by atoms with van der Waals surface area (Å²) >= 11 is 0. The van der Waals surface area contributed by atoms with E-state index in [1.54, 1.807) is 7.11 Å². The summed E-state index contributed by atoms with van der Waals surface area (Å²) in [6.45, 7) is 2.33. The molecule has 1 heterocycles. The number of β-amino-alcohol motifs (C(OH)–C–C–N with tert-alkyl or cyclic N) is 1. The van der Waals surface area contributed by atoms with Gasteiger partial charge >= 0.3 is 0 Å². The molecule has 21 heavy (non-hydrogen) atoms. The number of aliphatic hydroxyl groups excluding tert-OH is 1. The molecule has 4 nitrogen and oxygen atoms in total. The Morgan fingerprint density at radius 2 is 2.19 bits per heavy atom. The van der Waals surface area contributed by atoms with Gasteiger partial charge in [0.05, 0.1) is 12.7 Å². The Morgan fingerprint density at radius 3 is 2.86 bits per heavy atom. The molecule has 0 bridgehead atoms. The number of halogens is 1. The van der Waals surface area contributed by atoms with Crippen molar-refractivity contribution in [3.05, 3.63) is 35.6 Å². The fourth-order valence-electron chi connectivity index (χ4n) is 2.83. The number of piperidine rings is 1. The van der Waals surface area contributed by atoms with Crippen LogP contribution >= 0.6 is 0 Å². The van der Waals surface area contributed by atoms with E-state index in [1.165, 1.54) is 24.3 Å². The van der Waals surface area contributed by atoms with Gasteiger partial charge in [0.15, 0.2) is 5.78 Å². The van der Waals surface area contributed by atoms with Gasteiger partial charge in [0.25, 0.3) is 0 Å². The van der Waals surface area contributed by atoms with E-state index in [2.05, 4.69) is 4.90 Å². The first-order chi connectivity index (χ1) is 10.1. The molecular weight excluding hydrogens is 273 g/mol. The fourth-order valence-corrected chi connectivity index (χ4v) is 2.83. The number of ketones is 1. The molecule has 5 heteroatoms. The Hall–Kier alpha value is -1.30. The first-order valence-electron chi connectivity index (χ1n) is 7.29. The minimum atomic E-state index is -0.533. The molecule has 1 saturated heterocycles. The predicted octanol–water partition coefficient (Wildman–Crippen LogP) is 1.73. The number of carbonyl (C=O) groups excluding carboxylic acids is 1. The van der Waals surface area contributed by atoms with Crippen molar-refractivity contribution < 1.29 is 19.0 Å². The van der Waals surface area contributed by atoms with Crippen LogP contribution in [0.15, 0.2) is 24.3 Å². The summed E-state index contributed by atoms with van der Waals surface area (Å²) < 4.78 is 17.8. The lowest BCUT2D eigenvalue weighted by Gasteiger charge is -2.33. The summed E-state index contributed by atoms with van der Waals surface area (Å²) in [7, 11) is 1.56. The van der Waals surface area contributed by atoms with Gasteiger partial charge in [-0.1, -0.05) is 0 Å². The Labute approximate surface area is 124 Å². The highest BCUT2D eigenvalue weighted by molar-refractivity contribution is 5.98. The second kappa shape index (κ2) is 7.64. The molecule has 2 atom stereocenters. The SMILES string of the molecule is COC[C@@H](O)CN1CCC[C@@H](C(=O)c2ccc(F)cc2)C1. The smallest absolute Gasteiger partial charge is 0.167 e. The van der Waals surface area contributed by atoms with Gasteiger partial charge in [-0.05, 0) is 43.7 Å². The zero-order valence-corrected chi connectivity index (χ0v) is 12.3. The monoisotopic (exact) mass is 295 g/mol. The van der Waals surface area contributed by atoms with E-state index in [-0.39, 0.29) is 17.5 Å². The molecule has 2 rings (SSSR count). The summed E-state index contributed by atoms with van der Waals surface area (Å²) in [6.07, 6.45) is 1.24. The van der Waals surface area contributed by atoms with E-state index in [4.69, 9.17) is 4.74 Å². The normalized spacial score (nSPS) is 21.2. The zero-order valence-electron chi connectivity index (χ0n) is 12.3. The third-order valence-corrected chi connectivity index (χ3v) is 3.83. The molecule has 1 aromatic carbocycles. The lowest BCUT2D eigenvalue weighted by Crippen LogP contribution is -2.43. The summed E-state index contributed by atoms with van der Waals surface area (Å²) in [5.41, 5.74) is 0.556. The van der Waals surface area contributed by atoms with Crippen LogP contribution in [0, 0.1) is 11.7 Å². The van der Waals surface area contributed by atoms with Crippen LogP contribution in [0.2, 0.25) is 0 Å². The molecule has 1 aliphatic heterocycles. The molecule has 0 amide bonds. The van der Waals surface area contributed by atoms with Crippen LogP contribution in [0.3, 0.4) is 0 Å². The van der Waals surface area contributed by atoms with Crippen LogP contribution in [0.1, 0.15) is 23.2 Å². The molecule has 0 radical (unpaired) electrons. The van der Waals surface area contributed by atoms with Gasteiger partial charge in [0.2, 0.25) is 0 Å². The van der Waals surface area contributed by atoms with E-state index in [1.807, 2.05) is 0 Å². The number of hydrogen-bond acceptors (Lipinski definition) is 4. The highest BCUT2D eigenvalue weighted by atomic mass is 19.1. The average molecular weight is 295 g/mol. The third-order valence-electron chi connectivity index (χ3n) is 3.83. The standard InChI is InChI=1S/C16H22FNO3/c1-21-11-15(19)10-18-8-2-3-13(9-18)16(20)12-4-6-14(17)7-5-12/h4-7,13,15,19H,2-3,8-11H2,1H3/t13-,15+/m1/s1. The topological polar surface area (TPSA) is 49.8 Å². The van der Waals surface area contributed by atoms with Crippen molar-refractivity contribution in [3.8, 4) is 0 Å². The molecule has 1 aliphatic rings. The number of ether oxygens (including phenoxy) is 1. The Kier molecular flexibility index (Phi) is 5.85. The molecule has 1 fully saturated rings. The predicted molar refractivity (Wildman–Crippen MR) is 77.8 cm³/mol. The van der Waals surface area contributed by atoms with Crippen LogP contribution in [-0.4, -0.2) is 55.2 Å². The summed E-state index contributed by atoms with van der Waals surface area (Å²) in [6, 6.07) is 5.71. The van der Waals surface area contributed by atoms with Gasteiger partial charge in [-0.25, -0.2) is 4.39 Å². The number of nitrogens with zero attached hydrogens (tertiary/aromatic N) is 1. The lowest BCUT2D eigenvalue weighted by molar-refractivity contribution is 0.0268. The van der Waals surface area contributed by atoms with Gasteiger partial charge in [-0.15, -0.1) is 0 Å². The minimum absolute atomic E-state index is 0.0564. The van der Waals surface area contributed by atoms with E-state index in [9.17, 15) is 14.3 Å². The fraction of sp³-hybridized carbons (Fsp3) is 0.562. The molecule has 0 saturated carbocycles. The van der Waals surface area contributed by atoms with Crippen molar-refractivity contribution in [2.45, 2.75) is 18.9 Å². The number of carbonyl (C=O) groups is 1. The van der Waals surface area contributed by atoms with Gasteiger partial charge in [-0.3, -0.25) is 9.69 Å². The van der Waals surface area contributed by atoms with Crippen molar-refractivity contribution in [3.63, 3.8) is 0 Å². The van der Waals surface area contributed by atoms with E-state index in [0.29, 0.717) is 25.3 Å². The van der Waals surface area contributed by atoms with Crippen LogP contribution in [0.25, 0.3) is 0 Å². The lowest BCUT2D eigenvalue weighted by atomic mass is 9.90. The van der Waals surface area contributed by atoms with Crippen molar-refractivity contribution in [1.29, 1.82) is 0 Å². The van der Waals surface area contributed by atoms with Gasteiger partial charge in [-0.2, -0.15) is 0 Å². The molecule has 116 valence electrons. The Bertz CT molecular complexity index is 463. The number of likely N-dealkylation sites (tertiary alicyclic amines) is 1. The molecular formula is C16H22FNO3. The Morgan fingerprint density at radius 1 is 1.48 bits per heavy atom. The number of benzene rings is 1. The van der Waals surface area contributed by atoms with E-state index >= 15 is 0 Å². The van der Waals surface area contributed by atoms with Crippen molar-refractivity contribution >= 4 is 5.78 Å². The number of hydrogen-bond donors (Lipinski definition) is 1. The number of aliphatic hydroxyl groups is 1. The first-order valence-corrected chi connectivity index (χ1v) is 7.29. The summed E-state index contributed by atoms with van der Waals surface area (Å²) in [5, 5.41) is 9.78. The maximum absolute atomic E-state index is 12.9. The quantitative estimate of drug-likeness (QED) is 0.812. The minimum Gasteiger partial charge on any atom is -0.389 e. The average Bonchev–Trinajstić information content (AvgIpc) is 2.48. The number of rotatable bonds is 6. The summed E-state index contributed by atoms with van der Waals surface area (Å²) in [4.78, 5) is 14.5. The van der Waals surface area contributed by atoms with Gasteiger partial charge < -0.3 is 9.84 Å². The van der Waals surface area contributed by atoms with Gasteiger partial charge in [0, 0.05) is 31.7 Å². The molecule has 0 aliphatic carbocycles. The maximum Gasteiger partial charge on any atom is 0.167 e. The second-order valence-electron chi connectivity index (χ2n) is 5.58. The highest BCUT2D eigenvalue weighted by Gasteiger charge is 2.27. The van der Waals surface area contributed by atoms with Crippen molar-refractivity contribution in [2.75, 3.05) is 33.4 Å². The Balaban J connectivity index is 1.94. The van der Waals surface area contributed by atoms with Crippen LogP contribution in [0.4, 0.5) is 4.39 Å². The van der Waals surface area contributed by atoms with Crippen LogP contribution in [0.5, 0.6) is 0 Å². The van der Waals surface area contributed by atoms with Crippen LogP contribution in [-0.2, 0) is 4.74 Å². The van der Waals surface area contributed by atoms with Crippen molar-refractivity contribution in [1.82, 2.24) is 4.90 Å². The number of Topliss-reactive ketones (excluding diaryl/α,β-unsaturated/α-hetero) is 1. The van der Waals surface area contributed by atoms with E-state index < -0.39 is 6.10 Å². The van der Waals surface area contributed by atoms with E-state index in [0.717, 1.165) is 19.4 Å². The van der Waals surface area contributed by atoms with Gasteiger partial charge in [0.1, 0.15) is 5.82 Å². The van der Waals surface area contributed by atoms with Crippen LogP contribution < -0.4 is 0 Å². The second-order valence-corrected chi connectivity index (χ2v) is 5.58. The molecule has 0 aromatic heterocycles. The zero-order chi connectivity index (χ0) is 15.2. The summed E-state index contributed by atoms with van der Waals surface area (Å²) in [5.74, 6) is -0.362. The largest absolute Gasteiger partial charge is 0.389 e. The molecule has 0 unspecified atom stereocenters. The molecule has 1 N–H and O–H groups in total. The third kappa shape index (κ3) is 4.59. The highest BCUT2D eigenvalue weighted by Crippen LogP contribution is 2.21. The van der Waals surface area contributed by atoms with Crippen molar-refractivity contribution in [2.24, 2.45) is 5.92 Å². The molecule has 1 aromatic rings. The first kappa shape index (κ1) is 16.1. The molecule has 0 spiro atoms. The maximum atomic E-state index is 12.9.